The van der Waals surface area contributed by atoms with Gasteiger partial charge in [0.05, 0.1) is 6.26 Å². The normalized spacial score (nSPS) is 44.9. The zero-order valence-corrected chi connectivity index (χ0v) is 9.84. The van der Waals surface area contributed by atoms with E-state index in [1.807, 2.05) is 19.3 Å². The Kier molecular flexibility index (Phi) is 2.17. The van der Waals surface area contributed by atoms with Crippen LogP contribution in [0.2, 0.25) is 0 Å². The lowest BCUT2D eigenvalue weighted by Crippen LogP contribution is -2.67. The summed E-state index contributed by atoms with van der Waals surface area (Å²) in [4.78, 5) is 0. The van der Waals surface area contributed by atoms with Crippen LogP contribution in [0.25, 0.3) is 0 Å². The molecule has 1 nitrogen and oxygen atoms in total. The van der Waals surface area contributed by atoms with Crippen LogP contribution in [-0.4, -0.2) is 5.60 Å². The Hall–Kier alpha value is -0.460. The summed E-state index contributed by atoms with van der Waals surface area (Å²) in [6.45, 7) is 9.12. The topological polar surface area (TPSA) is 9.23 Å². The van der Waals surface area contributed by atoms with Crippen molar-refractivity contribution in [1.82, 2.24) is 0 Å². The van der Waals surface area contributed by atoms with Crippen molar-refractivity contribution in [2.24, 2.45) is 17.3 Å². The van der Waals surface area contributed by atoms with Crippen LogP contribution in [0.1, 0.15) is 47.0 Å². The molecule has 3 atom stereocenters. The van der Waals surface area contributed by atoms with Gasteiger partial charge in [0.2, 0.25) is 0 Å². The van der Waals surface area contributed by atoms with Gasteiger partial charge >= 0.3 is 0 Å². The maximum absolute atomic E-state index is 6.03. The summed E-state index contributed by atoms with van der Waals surface area (Å²) >= 11 is 0. The molecule has 0 aromatic carbocycles. The van der Waals surface area contributed by atoms with Crippen molar-refractivity contribution in [3.8, 4) is 0 Å². The lowest BCUT2D eigenvalue weighted by molar-refractivity contribution is -0.254. The summed E-state index contributed by atoms with van der Waals surface area (Å²) in [5, 5.41) is 0. The van der Waals surface area contributed by atoms with Crippen molar-refractivity contribution in [2.75, 3.05) is 0 Å². The highest BCUT2D eigenvalue weighted by molar-refractivity contribution is 5.16. The van der Waals surface area contributed by atoms with Crippen molar-refractivity contribution in [1.29, 1.82) is 0 Å². The minimum Gasteiger partial charge on any atom is -0.494 e. The SMILES string of the molecule is CC=COC12CC(CCC1C)C2(C)C. The average Bonchev–Trinajstić information content (AvgIpc) is 2.15. The Balaban J connectivity index is 2.22. The summed E-state index contributed by atoms with van der Waals surface area (Å²) < 4.78 is 6.03. The second-order valence-corrected chi connectivity index (χ2v) is 5.58. The van der Waals surface area contributed by atoms with Crippen LogP contribution in [0.5, 0.6) is 0 Å². The first-order valence-electron chi connectivity index (χ1n) is 5.83. The summed E-state index contributed by atoms with van der Waals surface area (Å²) in [7, 11) is 0. The van der Waals surface area contributed by atoms with E-state index in [1.165, 1.54) is 19.3 Å². The van der Waals surface area contributed by atoms with E-state index in [0.29, 0.717) is 11.3 Å². The molecule has 0 spiro atoms. The van der Waals surface area contributed by atoms with Crippen molar-refractivity contribution in [3.05, 3.63) is 12.3 Å². The molecule has 80 valence electrons. The first kappa shape index (κ1) is 10.1. The smallest absolute Gasteiger partial charge is 0.116 e. The zero-order chi connectivity index (χ0) is 10.4. The third kappa shape index (κ3) is 1.01. The number of hydrogen-bond donors (Lipinski definition) is 0. The van der Waals surface area contributed by atoms with E-state index < -0.39 is 0 Å². The van der Waals surface area contributed by atoms with Gasteiger partial charge in [-0.05, 0) is 38.0 Å². The largest absolute Gasteiger partial charge is 0.494 e. The van der Waals surface area contributed by atoms with Crippen molar-refractivity contribution in [2.45, 2.75) is 52.6 Å². The van der Waals surface area contributed by atoms with E-state index in [4.69, 9.17) is 4.74 Å². The van der Waals surface area contributed by atoms with Gasteiger partial charge in [-0.1, -0.05) is 26.8 Å². The first-order chi connectivity index (χ1) is 6.54. The number of allylic oxidation sites excluding steroid dienone is 1. The first-order valence-corrected chi connectivity index (χ1v) is 5.83. The van der Waals surface area contributed by atoms with E-state index in [2.05, 4.69) is 20.8 Å². The molecule has 2 bridgehead atoms. The molecule has 3 aliphatic carbocycles. The predicted octanol–water partition coefficient (Wildman–Crippen LogP) is 3.75. The Bertz CT molecular complexity index is 254. The Morgan fingerprint density at radius 1 is 1.29 bits per heavy atom. The van der Waals surface area contributed by atoms with E-state index in [-0.39, 0.29) is 5.60 Å². The Labute approximate surface area is 87.5 Å². The summed E-state index contributed by atoms with van der Waals surface area (Å²) in [5.74, 6) is 1.60. The van der Waals surface area contributed by atoms with Crippen LogP contribution < -0.4 is 0 Å². The summed E-state index contributed by atoms with van der Waals surface area (Å²) in [5.41, 5.74) is 0.520. The fourth-order valence-corrected chi connectivity index (χ4v) is 3.59. The molecule has 14 heavy (non-hydrogen) atoms. The summed E-state index contributed by atoms with van der Waals surface area (Å²) in [6.07, 6.45) is 7.89. The number of hydrogen-bond acceptors (Lipinski definition) is 1. The molecule has 0 aliphatic heterocycles. The van der Waals surface area contributed by atoms with Gasteiger partial charge in [0, 0.05) is 5.41 Å². The van der Waals surface area contributed by atoms with Crippen molar-refractivity contribution < 1.29 is 4.74 Å². The minimum atomic E-state index is 0.141. The third-order valence-corrected chi connectivity index (χ3v) is 4.82. The highest BCUT2D eigenvalue weighted by atomic mass is 16.5. The van der Waals surface area contributed by atoms with E-state index >= 15 is 0 Å². The molecule has 3 rings (SSSR count). The highest BCUT2D eigenvalue weighted by Gasteiger charge is 2.66. The second kappa shape index (κ2) is 3.01. The quantitative estimate of drug-likeness (QED) is 0.608. The van der Waals surface area contributed by atoms with Crippen LogP contribution in [0.3, 0.4) is 0 Å². The van der Waals surface area contributed by atoms with E-state index in [1.54, 1.807) is 0 Å². The molecule has 0 amide bonds. The third-order valence-electron chi connectivity index (χ3n) is 4.82. The maximum Gasteiger partial charge on any atom is 0.116 e. The van der Waals surface area contributed by atoms with Crippen LogP contribution >= 0.6 is 0 Å². The zero-order valence-electron chi connectivity index (χ0n) is 9.84. The molecule has 3 saturated carbocycles. The van der Waals surface area contributed by atoms with Crippen LogP contribution in [0.4, 0.5) is 0 Å². The average molecular weight is 194 g/mol. The molecule has 0 aromatic heterocycles. The van der Waals surface area contributed by atoms with Gasteiger partial charge < -0.3 is 4.74 Å². The van der Waals surface area contributed by atoms with Gasteiger partial charge in [0.15, 0.2) is 0 Å². The van der Waals surface area contributed by atoms with E-state index in [9.17, 15) is 0 Å². The predicted molar refractivity (Wildman–Crippen MR) is 58.9 cm³/mol. The monoisotopic (exact) mass is 194 g/mol. The number of fused-ring (bicyclic) bond motifs is 2. The fourth-order valence-electron chi connectivity index (χ4n) is 3.59. The Morgan fingerprint density at radius 3 is 2.50 bits per heavy atom. The molecule has 0 aromatic rings. The van der Waals surface area contributed by atoms with Crippen LogP contribution in [-0.2, 0) is 4.74 Å². The lowest BCUT2D eigenvalue weighted by atomic mass is 9.43. The standard InChI is InChI=1S/C13H22O/c1-5-8-14-13-9-11(12(13,3)4)7-6-10(13)2/h5,8,10-11H,6-7,9H2,1-4H3. The van der Waals surface area contributed by atoms with Gasteiger partial charge in [0.1, 0.15) is 5.60 Å². The fraction of sp³-hybridized carbons (Fsp3) is 0.846. The summed E-state index contributed by atoms with van der Waals surface area (Å²) in [6, 6.07) is 0. The molecule has 0 heterocycles. The van der Waals surface area contributed by atoms with Crippen LogP contribution in [0.15, 0.2) is 12.3 Å². The number of ether oxygens (including phenoxy) is 1. The molecule has 3 unspecified atom stereocenters. The van der Waals surface area contributed by atoms with Gasteiger partial charge in [-0.15, -0.1) is 0 Å². The van der Waals surface area contributed by atoms with Gasteiger partial charge in [-0.3, -0.25) is 0 Å². The molecule has 1 heteroatoms. The van der Waals surface area contributed by atoms with Gasteiger partial charge in [0.25, 0.3) is 0 Å². The maximum atomic E-state index is 6.03. The molecular formula is C13H22O. The van der Waals surface area contributed by atoms with Crippen LogP contribution in [0, 0.1) is 17.3 Å². The second-order valence-electron chi connectivity index (χ2n) is 5.58. The molecule has 3 fully saturated rings. The van der Waals surface area contributed by atoms with Gasteiger partial charge in [-0.2, -0.15) is 0 Å². The molecule has 0 saturated heterocycles. The molecule has 0 radical (unpaired) electrons. The number of rotatable bonds is 2. The molecule has 3 aliphatic rings. The van der Waals surface area contributed by atoms with Gasteiger partial charge in [-0.25, -0.2) is 0 Å². The highest BCUT2D eigenvalue weighted by Crippen LogP contribution is 2.65. The van der Waals surface area contributed by atoms with Crippen molar-refractivity contribution in [3.63, 3.8) is 0 Å². The van der Waals surface area contributed by atoms with E-state index in [0.717, 1.165) is 5.92 Å². The molecule has 0 N–H and O–H groups in total. The van der Waals surface area contributed by atoms with Crippen molar-refractivity contribution >= 4 is 0 Å². The minimum absolute atomic E-state index is 0.141. The Morgan fingerprint density at radius 2 is 2.00 bits per heavy atom. The molecular weight excluding hydrogens is 172 g/mol. The lowest BCUT2D eigenvalue weighted by Gasteiger charge is -2.67.